The Bertz CT molecular complexity index is 2370. The van der Waals surface area contributed by atoms with E-state index in [1.807, 2.05) is 12.1 Å². The van der Waals surface area contributed by atoms with Crippen LogP contribution in [0.15, 0.2) is 48.5 Å². The second kappa shape index (κ2) is 17.1. The van der Waals surface area contributed by atoms with Gasteiger partial charge in [0.2, 0.25) is 17.7 Å². The normalized spacial score (nSPS) is 25.0. The van der Waals surface area contributed by atoms with Gasteiger partial charge in [-0.05, 0) is 80.0 Å². The van der Waals surface area contributed by atoms with Crippen LogP contribution < -0.4 is 24.8 Å². The Morgan fingerprint density at radius 2 is 1.52 bits per heavy atom. The number of benzene rings is 3. The standard InChI is InChI=1S/C49H58F3N7O6/c1-65-41-27-40(37(51)26-35(41)44-49(13-2-3-14-49)47(64)59(44)38-6-4-5-36(50)43(38)61)57-17-11-31(12-18-57)28-54-21-23-55(24-22-54)30-48(52)15-19-56(20-16-48)33-7-8-34-32(25-33)29-58(46(34)63)39-9-10-42(60)53-45(39)62/h4-8,25-27,31,39,44,61H,2-3,9-24,28-30H2,1H3,(H,53,60,62)/t39-,44-/m0/s1. The van der Waals surface area contributed by atoms with Gasteiger partial charge in [-0.25, -0.2) is 13.2 Å². The number of carbonyl (C=O) groups is 4. The number of imide groups is 1. The van der Waals surface area contributed by atoms with E-state index in [2.05, 4.69) is 24.9 Å². The summed E-state index contributed by atoms with van der Waals surface area (Å²) < 4.78 is 53.0. The van der Waals surface area contributed by atoms with Gasteiger partial charge in [0.05, 0.1) is 29.9 Å². The molecular formula is C49H58F3N7O6. The number of carbonyl (C=O) groups excluding carboxylic acids is 4. The van der Waals surface area contributed by atoms with Crippen LogP contribution >= 0.6 is 0 Å². The van der Waals surface area contributed by atoms with E-state index in [0.717, 1.165) is 75.7 Å². The summed E-state index contributed by atoms with van der Waals surface area (Å²) in [5, 5.41) is 13.0. The van der Waals surface area contributed by atoms with E-state index in [0.29, 0.717) is 99.9 Å². The molecule has 65 heavy (non-hydrogen) atoms. The number of ether oxygens (including phenoxy) is 1. The van der Waals surface area contributed by atoms with E-state index in [1.165, 1.54) is 23.1 Å². The van der Waals surface area contributed by atoms with Crippen LogP contribution in [0.5, 0.6) is 11.5 Å². The first-order chi connectivity index (χ1) is 31.3. The first-order valence-electron chi connectivity index (χ1n) is 23.4. The van der Waals surface area contributed by atoms with Gasteiger partial charge in [-0.2, -0.15) is 0 Å². The number of phenolic OH excluding ortho intramolecular Hbond substituents is 1. The Morgan fingerprint density at radius 1 is 0.800 bits per heavy atom. The summed E-state index contributed by atoms with van der Waals surface area (Å²) in [6.45, 7) is 7.53. The third kappa shape index (κ3) is 7.87. The molecule has 13 nitrogen and oxygen atoms in total. The zero-order valence-electron chi connectivity index (χ0n) is 37.0. The van der Waals surface area contributed by atoms with Crippen molar-refractivity contribution in [2.24, 2.45) is 11.3 Å². The third-order valence-electron chi connectivity index (χ3n) is 15.7. The molecule has 2 N–H and O–H groups in total. The van der Waals surface area contributed by atoms with Crippen molar-refractivity contribution in [3.8, 4) is 11.5 Å². The molecule has 346 valence electrons. The topological polar surface area (TPSA) is 129 Å². The van der Waals surface area contributed by atoms with Gasteiger partial charge in [-0.15, -0.1) is 0 Å². The summed E-state index contributed by atoms with van der Waals surface area (Å²) in [6.07, 6.45) is 6.15. The molecular weight excluding hydrogens is 840 g/mol. The van der Waals surface area contributed by atoms with Crippen LogP contribution in [0, 0.1) is 23.0 Å². The summed E-state index contributed by atoms with van der Waals surface area (Å²) in [5.74, 6) is -2.03. The number of alkyl halides is 1. The highest BCUT2D eigenvalue weighted by atomic mass is 19.1. The minimum absolute atomic E-state index is 0.0776. The Balaban J connectivity index is 0.699. The number of piperidine rings is 3. The highest BCUT2D eigenvalue weighted by Gasteiger charge is 2.63. The van der Waals surface area contributed by atoms with Gasteiger partial charge in [0.25, 0.3) is 5.91 Å². The number of anilines is 3. The molecule has 1 spiro atoms. The van der Waals surface area contributed by atoms with Gasteiger partial charge < -0.3 is 29.4 Å². The number of piperazine rings is 1. The molecule has 2 atom stereocenters. The Hall–Kier alpha value is -5.35. The molecule has 1 saturated carbocycles. The first kappa shape index (κ1) is 43.5. The van der Waals surface area contributed by atoms with Crippen molar-refractivity contribution < 1.29 is 42.2 Å². The van der Waals surface area contributed by atoms with Gasteiger partial charge >= 0.3 is 0 Å². The van der Waals surface area contributed by atoms with E-state index in [-0.39, 0.29) is 29.8 Å². The van der Waals surface area contributed by atoms with Crippen LogP contribution in [0.4, 0.5) is 30.2 Å². The lowest BCUT2D eigenvalue weighted by atomic mass is 9.66. The van der Waals surface area contributed by atoms with Crippen LogP contribution in [-0.4, -0.2) is 128 Å². The van der Waals surface area contributed by atoms with Gasteiger partial charge in [-0.1, -0.05) is 18.9 Å². The van der Waals surface area contributed by atoms with Crippen LogP contribution in [0.3, 0.4) is 0 Å². The minimum Gasteiger partial charge on any atom is -0.503 e. The van der Waals surface area contributed by atoms with Crippen molar-refractivity contribution in [1.82, 2.24) is 20.0 Å². The number of β-lactam (4-membered cyclic amide) rings is 1. The number of aromatic hydroxyl groups is 1. The number of amides is 4. The maximum Gasteiger partial charge on any atom is 0.255 e. The van der Waals surface area contributed by atoms with E-state index < -0.39 is 46.5 Å². The molecule has 3 aromatic carbocycles. The fourth-order valence-electron chi connectivity index (χ4n) is 12.1. The first-order valence-corrected chi connectivity index (χ1v) is 23.4. The van der Waals surface area contributed by atoms with E-state index in [1.54, 1.807) is 24.1 Å². The van der Waals surface area contributed by atoms with E-state index in [4.69, 9.17) is 4.74 Å². The van der Waals surface area contributed by atoms with Crippen molar-refractivity contribution in [2.75, 3.05) is 87.3 Å². The number of halogens is 3. The molecule has 6 heterocycles. The Kier molecular flexibility index (Phi) is 11.5. The van der Waals surface area contributed by atoms with Gasteiger partial charge in [0.15, 0.2) is 11.6 Å². The summed E-state index contributed by atoms with van der Waals surface area (Å²) in [4.78, 5) is 63.0. The smallest absolute Gasteiger partial charge is 0.255 e. The highest BCUT2D eigenvalue weighted by Crippen LogP contribution is 2.62. The molecule has 6 fully saturated rings. The summed E-state index contributed by atoms with van der Waals surface area (Å²) >= 11 is 0. The number of hydrogen-bond donors (Lipinski definition) is 2. The molecule has 0 unspecified atom stereocenters. The number of nitrogens with zero attached hydrogens (tertiary/aromatic N) is 6. The van der Waals surface area contributed by atoms with Gasteiger partial charge in [0, 0.05) is 114 Å². The van der Waals surface area contributed by atoms with Crippen LogP contribution in [0.1, 0.15) is 91.7 Å². The summed E-state index contributed by atoms with van der Waals surface area (Å²) in [6, 6.07) is 11.8. The Morgan fingerprint density at radius 3 is 2.23 bits per heavy atom. The van der Waals surface area contributed by atoms with Gasteiger partial charge in [0.1, 0.15) is 23.3 Å². The second-order valence-corrected chi connectivity index (χ2v) is 19.5. The summed E-state index contributed by atoms with van der Waals surface area (Å²) in [5.41, 5.74) is 1.39. The molecule has 7 aliphatic rings. The zero-order chi connectivity index (χ0) is 45.2. The van der Waals surface area contributed by atoms with Crippen molar-refractivity contribution >= 4 is 40.7 Å². The molecule has 1 aliphatic carbocycles. The fourth-order valence-corrected chi connectivity index (χ4v) is 12.1. The molecule has 10 rings (SSSR count). The predicted octanol–water partition coefficient (Wildman–Crippen LogP) is 5.93. The number of phenols is 1. The lowest BCUT2D eigenvalue weighted by Crippen LogP contribution is -2.62. The third-order valence-corrected chi connectivity index (χ3v) is 15.7. The predicted molar refractivity (Wildman–Crippen MR) is 238 cm³/mol. The molecule has 0 radical (unpaired) electrons. The molecule has 4 amide bonds. The van der Waals surface area contributed by atoms with Crippen molar-refractivity contribution in [3.63, 3.8) is 0 Å². The lowest BCUT2D eigenvalue weighted by Gasteiger charge is -2.55. The minimum atomic E-state index is -1.28. The van der Waals surface area contributed by atoms with Crippen LogP contribution in [0.25, 0.3) is 0 Å². The monoisotopic (exact) mass is 897 g/mol. The average molecular weight is 898 g/mol. The summed E-state index contributed by atoms with van der Waals surface area (Å²) in [7, 11) is 1.54. The number of rotatable bonds is 10. The zero-order valence-corrected chi connectivity index (χ0v) is 37.0. The molecule has 16 heteroatoms. The van der Waals surface area contributed by atoms with E-state index >= 15 is 8.78 Å². The molecule has 6 aliphatic heterocycles. The average Bonchev–Trinajstić information content (AvgIpc) is 3.94. The van der Waals surface area contributed by atoms with Crippen molar-refractivity contribution in [2.45, 2.75) is 88.5 Å². The highest BCUT2D eigenvalue weighted by molar-refractivity contribution is 6.08. The largest absolute Gasteiger partial charge is 0.503 e. The van der Waals surface area contributed by atoms with Crippen LogP contribution in [-0.2, 0) is 20.9 Å². The lowest BCUT2D eigenvalue weighted by molar-refractivity contribution is -0.140. The van der Waals surface area contributed by atoms with Gasteiger partial charge in [-0.3, -0.25) is 34.3 Å². The number of fused-ring (bicyclic) bond motifs is 1. The fraction of sp³-hybridized carbons (Fsp3) is 0.551. The number of methoxy groups -OCH3 is 1. The number of hydrogen-bond acceptors (Lipinski definition) is 10. The molecule has 5 saturated heterocycles. The maximum absolute atomic E-state index is 16.4. The second-order valence-electron chi connectivity index (χ2n) is 19.5. The van der Waals surface area contributed by atoms with E-state index in [9.17, 15) is 28.7 Å². The molecule has 3 aromatic rings. The SMILES string of the molecule is COc1cc(N2CCC(CN3CCN(CC4(F)CCN(c5ccc6c(c5)CN([C@H]5CCC(=O)NC5=O)C6=O)CC4)CC3)CC2)c(F)cc1[C@@H]1N(c2cccc(F)c2O)C(=O)C12CCCC2. The van der Waals surface area contributed by atoms with Crippen molar-refractivity contribution in [3.05, 3.63) is 76.9 Å². The molecule has 0 aromatic heterocycles. The quantitative estimate of drug-likeness (QED) is 0.187. The number of nitrogens with one attached hydrogen (secondary N) is 1. The van der Waals surface area contributed by atoms with Crippen molar-refractivity contribution in [1.29, 1.82) is 0 Å². The van der Waals surface area contributed by atoms with Crippen LogP contribution in [0.2, 0.25) is 0 Å². The maximum atomic E-state index is 16.4. The number of para-hydroxylation sites is 1. The Labute approximate surface area is 377 Å². The molecule has 0 bridgehead atoms.